The second kappa shape index (κ2) is 7.27. The maximum absolute atomic E-state index is 11.9. The van der Waals surface area contributed by atoms with Gasteiger partial charge in [0.25, 0.3) is 0 Å². The van der Waals surface area contributed by atoms with Gasteiger partial charge in [-0.3, -0.25) is 4.79 Å². The Balaban J connectivity index is 1.81. The smallest absolute Gasteiger partial charge is 0.227 e. The summed E-state index contributed by atoms with van der Waals surface area (Å²) in [6, 6.07) is 13.6. The van der Waals surface area contributed by atoms with Crippen molar-refractivity contribution in [2.24, 2.45) is 0 Å². The van der Waals surface area contributed by atoms with Crippen molar-refractivity contribution in [2.75, 3.05) is 11.9 Å². The van der Waals surface area contributed by atoms with Crippen LogP contribution in [0.3, 0.4) is 0 Å². The predicted molar refractivity (Wildman–Crippen MR) is 88.8 cm³/mol. The molecule has 0 atom stereocenters. The minimum absolute atomic E-state index is 0.0486. The minimum Gasteiger partial charge on any atom is -0.493 e. The van der Waals surface area contributed by atoms with Crippen LogP contribution < -0.4 is 10.1 Å². The summed E-state index contributed by atoms with van der Waals surface area (Å²) in [5, 5.41) is 2.89. The van der Waals surface area contributed by atoms with Crippen molar-refractivity contribution in [1.29, 1.82) is 0 Å². The van der Waals surface area contributed by atoms with E-state index in [1.54, 1.807) is 0 Å². The van der Waals surface area contributed by atoms with Crippen LogP contribution in [0, 0.1) is 13.8 Å². The number of nitrogens with one attached hydrogen (secondary N) is 1. The molecule has 0 saturated heterocycles. The van der Waals surface area contributed by atoms with E-state index in [0.29, 0.717) is 13.0 Å². The number of carbonyl (C=O) groups excluding carboxylic acids is 1. The number of benzene rings is 2. The topological polar surface area (TPSA) is 38.3 Å². The summed E-state index contributed by atoms with van der Waals surface area (Å²) < 4.78 is 6.55. The summed E-state index contributed by atoms with van der Waals surface area (Å²) in [6.07, 6.45) is 0.323. The van der Waals surface area contributed by atoms with Crippen LogP contribution in [0.1, 0.15) is 17.5 Å². The van der Waals surface area contributed by atoms with Crippen molar-refractivity contribution in [3.05, 3.63) is 58.1 Å². The van der Waals surface area contributed by atoms with Crippen LogP contribution in [-0.2, 0) is 4.79 Å². The second-order valence-corrected chi connectivity index (χ2v) is 5.83. The predicted octanol–water partition coefficient (Wildman–Crippen LogP) is 4.47. The number of carbonyl (C=O) groups is 1. The summed E-state index contributed by atoms with van der Waals surface area (Å²) >= 11 is 3.40. The zero-order valence-electron chi connectivity index (χ0n) is 12.2. The van der Waals surface area contributed by atoms with E-state index in [2.05, 4.69) is 21.2 Å². The molecule has 0 heterocycles. The van der Waals surface area contributed by atoms with E-state index >= 15 is 0 Å². The number of ether oxygens (including phenoxy) is 1. The Hall–Kier alpha value is -1.81. The van der Waals surface area contributed by atoms with E-state index in [9.17, 15) is 4.79 Å². The van der Waals surface area contributed by atoms with Crippen molar-refractivity contribution < 1.29 is 9.53 Å². The van der Waals surface area contributed by atoms with Crippen LogP contribution in [0.5, 0.6) is 5.75 Å². The normalized spacial score (nSPS) is 10.2. The molecule has 0 unspecified atom stereocenters. The Morgan fingerprint density at radius 2 is 1.86 bits per heavy atom. The fraction of sp³-hybridized carbons (Fsp3) is 0.235. The summed E-state index contributed by atoms with van der Waals surface area (Å²) in [5.41, 5.74) is 3.04. The SMILES string of the molecule is Cc1ccc(OCCC(=O)Nc2ccc(Br)cc2C)cc1. The molecule has 2 aromatic carbocycles. The molecular weight excluding hydrogens is 330 g/mol. The lowest BCUT2D eigenvalue weighted by Gasteiger charge is -2.09. The first-order valence-corrected chi connectivity index (χ1v) is 7.59. The molecule has 0 saturated carbocycles. The average molecular weight is 348 g/mol. The Morgan fingerprint density at radius 3 is 2.52 bits per heavy atom. The third-order valence-corrected chi connectivity index (χ3v) is 3.57. The zero-order chi connectivity index (χ0) is 15.2. The molecule has 0 radical (unpaired) electrons. The van der Waals surface area contributed by atoms with Gasteiger partial charge in [0.2, 0.25) is 5.91 Å². The lowest BCUT2D eigenvalue weighted by atomic mass is 10.2. The van der Waals surface area contributed by atoms with Gasteiger partial charge < -0.3 is 10.1 Å². The summed E-state index contributed by atoms with van der Waals surface area (Å²) in [5.74, 6) is 0.737. The molecular formula is C17H18BrNO2. The third kappa shape index (κ3) is 4.90. The fourth-order valence-corrected chi connectivity index (χ4v) is 2.35. The van der Waals surface area contributed by atoms with Crippen LogP contribution in [-0.4, -0.2) is 12.5 Å². The number of aryl methyl sites for hydroxylation is 2. The van der Waals surface area contributed by atoms with Crippen LogP contribution in [0.25, 0.3) is 0 Å². The van der Waals surface area contributed by atoms with E-state index in [1.165, 1.54) is 5.56 Å². The highest BCUT2D eigenvalue weighted by atomic mass is 79.9. The molecule has 0 aliphatic rings. The highest BCUT2D eigenvalue weighted by Crippen LogP contribution is 2.20. The first kappa shape index (κ1) is 15.6. The van der Waals surface area contributed by atoms with Gasteiger partial charge in [0.15, 0.2) is 0 Å². The second-order valence-electron chi connectivity index (χ2n) is 4.92. The summed E-state index contributed by atoms with van der Waals surface area (Å²) in [6.45, 7) is 4.35. The van der Waals surface area contributed by atoms with E-state index in [0.717, 1.165) is 21.5 Å². The van der Waals surface area contributed by atoms with Gasteiger partial charge in [0, 0.05) is 10.2 Å². The van der Waals surface area contributed by atoms with Crippen molar-refractivity contribution in [2.45, 2.75) is 20.3 Å². The Morgan fingerprint density at radius 1 is 1.14 bits per heavy atom. The maximum Gasteiger partial charge on any atom is 0.227 e. The monoisotopic (exact) mass is 347 g/mol. The molecule has 110 valence electrons. The molecule has 0 bridgehead atoms. The molecule has 4 heteroatoms. The number of rotatable bonds is 5. The first-order valence-electron chi connectivity index (χ1n) is 6.80. The number of hydrogen-bond acceptors (Lipinski definition) is 2. The largest absolute Gasteiger partial charge is 0.493 e. The quantitative estimate of drug-likeness (QED) is 0.866. The molecule has 0 fully saturated rings. The number of amides is 1. The molecule has 2 rings (SSSR count). The molecule has 21 heavy (non-hydrogen) atoms. The molecule has 0 aliphatic carbocycles. The van der Waals surface area contributed by atoms with E-state index < -0.39 is 0 Å². The van der Waals surface area contributed by atoms with Crippen LogP contribution in [0.15, 0.2) is 46.9 Å². The number of anilines is 1. The van der Waals surface area contributed by atoms with Gasteiger partial charge in [0.05, 0.1) is 13.0 Å². The fourth-order valence-electron chi connectivity index (χ4n) is 1.88. The zero-order valence-corrected chi connectivity index (χ0v) is 13.7. The Bertz CT molecular complexity index is 623. The summed E-state index contributed by atoms with van der Waals surface area (Å²) in [7, 11) is 0. The molecule has 0 aromatic heterocycles. The van der Waals surface area contributed by atoms with Crippen molar-refractivity contribution in [1.82, 2.24) is 0 Å². The first-order chi connectivity index (χ1) is 10.0. The van der Waals surface area contributed by atoms with E-state index in [-0.39, 0.29) is 5.91 Å². The highest BCUT2D eigenvalue weighted by Gasteiger charge is 2.05. The van der Waals surface area contributed by atoms with Gasteiger partial charge in [-0.1, -0.05) is 33.6 Å². The molecule has 2 aromatic rings. The standard InChI is InChI=1S/C17H18BrNO2/c1-12-3-6-15(7-4-12)21-10-9-17(20)19-16-8-5-14(18)11-13(16)2/h3-8,11H,9-10H2,1-2H3,(H,19,20). The van der Waals surface area contributed by atoms with Gasteiger partial charge in [-0.2, -0.15) is 0 Å². The Labute approximate surface area is 133 Å². The lowest BCUT2D eigenvalue weighted by Crippen LogP contribution is -2.15. The van der Waals surface area contributed by atoms with Crippen molar-refractivity contribution in [3.63, 3.8) is 0 Å². The van der Waals surface area contributed by atoms with Gasteiger partial charge in [0.1, 0.15) is 5.75 Å². The van der Waals surface area contributed by atoms with Gasteiger partial charge in [-0.05, 0) is 49.7 Å². The number of hydrogen-bond donors (Lipinski definition) is 1. The maximum atomic E-state index is 11.9. The summed E-state index contributed by atoms with van der Waals surface area (Å²) in [4.78, 5) is 11.9. The molecule has 0 spiro atoms. The van der Waals surface area contributed by atoms with Gasteiger partial charge in [-0.15, -0.1) is 0 Å². The lowest BCUT2D eigenvalue weighted by molar-refractivity contribution is -0.116. The molecule has 1 amide bonds. The minimum atomic E-state index is -0.0486. The van der Waals surface area contributed by atoms with Gasteiger partial charge >= 0.3 is 0 Å². The van der Waals surface area contributed by atoms with Crippen LogP contribution >= 0.6 is 15.9 Å². The number of halogens is 1. The Kier molecular flexibility index (Phi) is 5.39. The third-order valence-electron chi connectivity index (χ3n) is 3.08. The van der Waals surface area contributed by atoms with Crippen molar-refractivity contribution in [3.8, 4) is 5.75 Å². The van der Waals surface area contributed by atoms with Crippen LogP contribution in [0.2, 0.25) is 0 Å². The van der Waals surface area contributed by atoms with Crippen molar-refractivity contribution >= 4 is 27.5 Å². The van der Waals surface area contributed by atoms with Crippen LogP contribution in [0.4, 0.5) is 5.69 Å². The van der Waals surface area contributed by atoms with Gasteiger partial charge in [-0.25, -0.2) is 0 Å². The molecule has 3 nitrogen and oxygen atoms in total. The molecule has 1 N–H and O–H groups in total. The van der Waals surface area contributed by atoms with E-state index in [1.807, 2.05) is 56.3 Å². The average Bonchev–Trinajstić information content (AvgIpc) is 2.44. The highest BCUT2D eigenvalue weighted by molar-refractivity contribution is 9.10. The van der Waals surface area contributed by atoms with E-state index in [4.69, 9.17) is 4.74 Å². The molecule has 0 aliphatic heterocycles.